The van der Waals surface area contributed by atoms with Gasteiger partial charge in [-0.3, -0.25) is 24.5 Å². The molecule has 0 aliphatic carbocycles. The van der Waals surface area contributed by atoms with E-state index in [-0.39, 0.29) is 17.9 Å². The second-order valence-corrected chi connectivity index (χ2v) is 7.83. The van der Waals surface area contributed by atoms with Gasteiger partial charge in [0, 0.05) is 29.3 Å². The summed E-state index contributed by atoms with van der Waals surface area (Å²) < 4.78 is 0. The van der Waals surface area contributed by atoms with E-state index in [0.29, 0.717) is 34.1 Å². The van der Waals surface area contributed by atoms with Crippen LogP contribution < -0.4 is 10.6 Å². The first kappa shape index (κ1) is 29.5. The topological polar surface area (TPSA) is 92.3 Å². The Kier molecular flexibility index (Phi) is 11.0. The summed E-state index contributed by atoms with van der Waals surface area (Å²) in [6.45, 7) is 15.2. The molecule has 2 rings (SSSR count). The lowest BCUT2D eigenvalue weighted by atomic mass is 9.82. The number of hydrogen-bond acceptors (Lipinski definition) is 4. The van der Waals surface area contributed by atoms with Crippen molar-refractivity contribution in [2.45, 2.75) is 34.1 Å². The number of carbonyl (C=O) groups excluding carboxylic acids is 4. The van der Waals surface area contributed by atoms with E-state index in [1.165, 1.54) is 13.1 Å². The summed E-state index contributed by atoms with van der Waals surface area (Å²) in [5.74, 6) is -1.22. The van der Waals surface area contributed by atoms with Crippen LogP contribution in [0.4, 0.5) is 0 Å². The fraction of sp³-hybridized carbons (Fsp3) is 0.200. The first-order valence-corrected chi connectivity index (χ1v) is 11.2. The van der Waals surface area contributed by atoms with Crippen molar-refractivity contribution in [3.8, 4) is 12.8 Å². The number of carbonyl (C=O) groups is 4. The molecule has 1 aliphatic rings. The molecule has 186 valence electrons. The van der Waals surface area contributed by atoms with E-state index in [9.17, 15) is 19.2 Å². The van der Waals surface area contributed by atoms with Crippen LogP contribution >= 0.6 is 0 Å². The average molecular weight is 485 g/mol. The van der Waals surface area contributed by atoms with Crippen molar-refractivity contribution in [1.29, 1.82) is 0 Å². The molecule has 0 radical (unpaired) electrons. The van der Waals surface area contributed by atoms with Gasteiger partial charge >= 0.3 is 0 Å². The number of rotatable bonds is 8. The number of imide groups is 1. The van der Waals surface area contributed by atoms with Crippen LogP contribution in [0, 0.1) is 12.8 Å². The van der Waals surface area contributed by atoms with E-state index >= 15 is 0 Å². The highest BCUT2D eigenvalue weighted by atomic mass is 16.2. The summed E-state index contributed by atoms with van der Waals surface area (Å²) in [7, 11) is 1.52. The molecule has 1 aromatic carbocycles. The van der Waals surface area contributed by atoms with Gasteiger partial charge in [0.2, 0.25) is 5.91 Å². The maximum atomic E-state index is 12.7. The zero-order valence-electron chi connectivity index (χ0n) is 21.5. The van der Waals surface area contributed by atoms with Crippen molar-refractivity contribution in [3.63, 3.8) is 0 Å². The van der Waals surface area contributed by atoms with Gasteiger partial charge in [0.05, 0.1) is 6.42 Å². The molecule has 1 heterocycles. The maximum Gasteiger partial charge on any atom is 0.258 e. The largest absolute Gasteiger partial charge is 0.355 e. The average Bonchev–Trinajstić information content (AvgIpc) is 2.88. The summed E-state index contributed by atoms with van der Waals surface area (Å²) in [6, 6.07) is 3.53. The zero-order chi connectivity index (χ0) is 27.6. The number of aldehydes is 1. The normalized spacial score (nSPS) is 14.4. The van der Waals surface area contributed by atoms with Gasteiger partial charge in [-0.2, -0.15) is 0 Å². The highest BCUT2D eigenvalue weighted by molar-refractivity contribution is 6.15. The van der Waals surface area contributed by atoms with Crippen LogP contribution in [0.2, 0.25) is 0 Å². The van der Waals surface area contributed by atoms with Gasteiger partial charge in [0.1, 0.15) is 6.29 Å². The molecule has 0 bridgehead atoms. The Morgan fingerprint density at radius 3 is 2.19 bits per heavy atom. The Morgan fingerprint density at radius 2 is 1.69 bits per heavy atom. The fourth-order valence-electron chi connectivity index (χ4n) is 4.00. The van der Waals surface area contributed by atoms with Crippen LogP contribution in [0.15, 0.2) is 66.3 Å². The number of benzene rings is 1. The van der Waals surface area contributed by atoms with Gasteiger partial charge in [-0.25, -0.2) is 0 Å². The molecule has 0 unspecified atom stereocenters. The zero-order valence-corrected chi connectivity index (χ0v) is 21.5. The summed E-state index contributed by atoms with van der Waals surface area (Å²) in [5.41, 5.74) is 5.76. The number of nitrogens with one attached hydrogen (secondary N) is 2. The second kappa shape index (κ2) is 13.4. The lowest BCUT2D eigenvalue weighted by Gasteiger charge is -2.22. The second-order valence-electron chi connectivity index (χ2n) is 7.83. The van der Waals surface area contributed by atoms with Gasteiger partial charge in [0.25, 0.3) is 11.8 Å². The van der Waals surface area contributed by atoms with E-state index in [0.717, 1.165) is 22.3 Å². The third-order valence-electron chi connectivity index (χ3n) is 5.77. The minimum Gasteiger partial charge on any atom is -0.355 e. The van der Waals surface area contributed by atoms with Crippen molar-refractivity contribution in [3.05, 3.63) is 88.6 Å². The summed E-state index contributed by atoms with van der Waals surface area (Å²) in [5, 5.41) is 4.92. The number of allylic oxidation sites excluding steroid dienone is 7. The summed E-state index contributed by atoms with van der Waals surface area (Å²) in [6.07, 6.45) is 15.7. The van der Waals surface area contributed by atoms with Crippen LogP contribution in [-0.2, 0) is 14.4 Å². The molecule has 0 aromatic heterocycles. The molecule has 1 aromatic rings. The van der Waals surface area contributed by atoms with Gasteiger partial charge in [0.15, 0.2) is 0 Å². The van der Waals surface area contributed by atoms with Crippen molar-refractivity contribution >= 4 is 40.7 Å². The van der Waals surface area contributed by atoms with Gasteiger partial charge < -0.3 is 5.32 Å². The predicted octanol–water partition coefficient (Wildman–Crippen LogP) is 4.81. The van der Waals surface area contributed by atoms with E-state index in [2.05, 4.69) is 36.6 Å². The molecule has 0 atom stereocenters. The van der Waals surface area contributed by atoms with Crippen LogP contribution in [0.25, 0.3) is 16.7 Å². The van der Waals surface area contributed by atoms with E-state index in [1.54, 1.807) is 12.1 Å². The first-order chi connectivity index (χ1) is 17.1. The minimum absolute atomic E-state index is 0.0361. The molecule has 2 N–H and O–H groups in total. The molecule has 6 heteroatoms. The number of amides is 3. The van der Waals surface area contributed by atoms with Gasteiger partial charge in [-0.15, -0.1) is 12.8 Å². The molecule has 6 nitrogen and oxygen atoms in total. The lowest BCUT2D eigenvalue weighted by Crippen LogP contribution is -2.35. The van der Waals surface area contributed by atoms with E-state index < -0.39 is 11.8 Å². The maximum absolute atomic E-state index is 12.7. The van der Waals surface area contributed by atoms with Crippen molar-refractivity contribution in [2.75, 3.05) is 7.05 Å². The smallest absolute Gasteiger partial charge is 0.258 e. The Balaban J connectivity index is 0.00000316. The molecule has 0 spiro atoms. The van der Waals surface area contributed by atoms with Crippen molar-refractivity contribution in [1.82, 2.24) is 10.6 Å². The molecular formula is C30H32N2O4. The van der Waals surface area contributed by atoms with Crippen LogP contribution in [0.5, 0.6) is 0 Å². The Bertz CT molecular complexity index is 1270. The molecule has 1 aliphatic heterocycles. The Labute approximate surface area is 213 Å². The summed E-state index contributed by atoms with van der Waals surface area (Å²) >= 11 is 0. The van der Waals surface area contributed by atoms with Crippen LogP contribution in [-0.4, -0.2) is 31.1 Å². The number of hydrogen-bond donors (Lipinski definition) is 2. The SMILES string of the molecule is C#C.C=CC1=C(/C=C(C)/C(=C/C)c2c(/C(C)=C/C)ccc(C(=O)NC)c2C(=C)C=O)CC(=O)NC1=O. The molecule has 0 fully saturated rings. The Hall–Kier alpha value is -4.50. The lowest BCUT2D eigenvalue weighted by molar-refractivity contribution is -0.128. The monoisotopic (exact) mass is 484 g/mol. The standard InChI is InChI=1S/C28H30N2O4.C2H2/c1-8-16(4)22-11-12-23(27(33)29-7)25(18(6)15-31)26(22)20(9-2)17(5)13-19-14-24(32)30-28(34)21(19)10-3;1-2/h8-13,15H,3,6,14H2,1-2,4-5,7H3,(H,29,33)(H,30,32,34);1-2H/b16-8+,17-13+,20-9-;. The van der Waals surface area contributed by atoms with Gasteiger partial charge in [-0.1, -0.05) is 43.5 Å². The van der Waals surface area contributed by atoms with E-state index in [1.807, 2.05) is 45.9 Å². The highest BCUT2D eigenvalue weighted by Crippen LogP contribution is 2.38. The molecule has 36 heavy (non-hydrogen) atoms. The fourth-order valence-corrected chi connectivity index (χ4v) is 4.00. The molecule has 3 amide bonds. The number of terminal acetylenes is 1. The van der Waals surface area contributed by atoms with Crippen molar-refractivity contribution in [2.24, 2.45) is 0 Å². The van der Waals surface area contributed by atoms with Gasteiger partial charge in [-0.05, 0) is 67.2 Å². The van der Waals surface area contributed by atoms with Crippen molar-refractivity contribution < 1.29 is 19.2 Å². The summed E-state index contributed by atoms with van der Waals surface area (Å²) in [4.78, 5) is 48.8. The van der Waals surface area contributed by atoms with E-state index in [4.69, 9.17) is 0 Å². The molecule has 0 saturated carbocycles. The first-order valence-electron chi connectivity index (χ1n) is 11.2. The third kappa shape index (κ3) is 6.13. The minimum atomic E-state index is -0.491. The molecular weight excluding hydrogens is 452 g/mol. The highest BCUT2D eigenvalue weighted by Gasteiger charge is 2.25. The quantitative estimate of drug-likeness (QED) is 0.182. The van der Waals surface area contributed by atoms with Crippen LogP contribution in [0.1, 0.15) is 61.2 Å². The predicted molar refractivity (Wildman–Crippen MR) is 147 cm³/mol. The third-order valence-corrected chi connectivity index (χ3v) is 5.77. The Morgan fingerprint density at radius 1 is 1.08 bits per heavy atom. The van der Waals surface area contributed by atoms with Crippen LogP contribution in [0.3, 0.4) is 0 Å². The molecule has 0 saturated heterocycles.